The smallest absolute Gasteiger partial charge is 0.326 e. The Morgan fingerprint density at radius 3 is 2.18 bits per heavy atom. The van der Waals surface area contributed by atoms with Crippen molar-refractivity contribution in [3.8, 4) is 5.75 Å². The Hall–Kier alpha value is -7.32. The Morgan fingerprint density at radius 1 is 0.868 bits per heavy atom. The van der Waals surface area contributed by atoms with E-state index in [0.29, 0.717) is 54.0 Å². The van der Waals surface area contributed by atoms with Gasteiger partial charge in [0, 0.05) is 52.2 Å². The lowest BCUT2D eigenvalue weighted by Gasteiger charge is -2.27. The molecule has 4 rings (SSSR count). The van der Waals surface area contributed by atoms with Crippen LogP contribution in [-0.2, 0) is 49.5 Å². The number of aliphatic hydroxyl groups is 2. The van der Waals surface area contributed by atoms with Crippen molar-refractivity contribution in [2.75, 3.05) is 45.8 Å². The van der Waals surface area contributed by atoms with E-state index in [-0.39, 0.29) is 68.0 Å². The summed E-state index contributed by atoms with van der Waals surface area (Å²) in [5.74, 6) is -5.99. The topological polar surface area (TPSA) is 387 Å². The molecule has 1 saturated heterocycles. The zero-order valence-corrected chi connectivity index (χ0v) is 44.2. The third-order valence-electron chi connectivity index (χ3n) is 12.3. The van der Waals surface area contributed by atoms with Gasteiger partial charge in [-0.3, -0.25) is 38.3 Å². The molecule has 3 aromatic rings. The molecule has 3 heterocycles. The first-order valence-corrected chi connectivity index (χ1v) is 25.1. The van der Waals surface area contributed by atoms with Gasteiger partial charge in [0.05, 0.1) is 39.1 Å². The second-order valence-corrected chi connectivity index (χ2v) is 20.2. The highest BCUT2D eigenvalue weighted by Crippen LogP contribution is 2.33. The van der Waals surface area contributed by atoms with E-state index < -0.39 is 104 Å². The molecule has 418 valence electrons. The fourth-order valence-electron chi connectivity index (χ4n) is 8.58. The van der Waals surface area contributed by atoms with Crippen LogP contribution in [0.3, 0.4) is 0 Å². The number of hydrogen-bond donors (Lipinski definition) is 10. The van der Waals surface area contributed by atoms with Gasteiger partial charge in [-0.2, -0.15) is 0 Å². The quantitative estimate of drug-likeness (QED) is 0.0221. The fraction of sp³-hybridized carbons (Fsp3) is 0.600. The van der Waals surface area contributed by atoms with Crippen LogP contribution in [0.2, 0.25) is 0 Å². The van der Waals surface area contributed by atoms with Gasteiger partial charge in [0.1, 0.15) is 54.0 Å². The van der Waals surface area contributed by atoms with E-state index in [2.05, 4.69) is 46.5 Å². The van der Waals surface area contributed by atoms with Gasteiger partial charge in [-0.15, -0.1) is 0 Å². The first kappa shape index (κ1) is 61.2. The molecular formula is C50H75N13O13. The number of unbranched alkanes of at least 4 members (excludes halogenated alkanes) is 2. The van der Waals surface area contributed by atoms with Crippen LogP contribution in [0.25, 0.3) is 11.2 Å². The highest BCUT2D eigenvalue weighted by atomic mass is 16.5. The maximum absolute atomic E-state index is 14.4. The minimum atomic E-state index is -1.83. The molecule has 8 atom stereocenters. The molecular weight excluding hydrogens is 991 g/mol. The molecule has 5 amide bonds. The number of aliphatic carboxylic acids is 1. The van der Waals surface area contributed by atoms with Crippen LogP contribution in [0.5, 0.6) is 5.75 Å². The largest absolute Gasteiger partial charge is 0.497 e. The van der Waals surface area contributed by atoms with E-state index in [9.17, 15) is 53.7 Å². The Bertz CT molecular complexity index is 2510. The van der Waals surface area contributed by atoms with Crippen molar-refractivity contribution in [2.24, 2.45) is 27.8 Å². The molecule has 0 saturated carbocycles. The number of imidazole rings is 1. The minimum absolute atomic E-state index is 0.0186. The number of carboxylic acids is 1. The number of aliphatic hydroxyl groups excluding tert-OH is 2. The van der Waals surface area contributed by atoms with Gasteiger partial charge in [0.15, 0.2) is 29.2 Å². The zero-order valence-electron chi connectivity index (χ0n) is 44.2. The van der Waals surface area contributed by atoms with Crippen molar-refractivity contribution < 1.29 is 63.1 Å². The predicted molar refractivity (Wildman–Crippen MR) is 277 cm³/mol. The van der Waals surface area contributed by atoms with Crippen LogP contribution in [0.15, 0.2) is 41.9 Å². The number of hydrogen-bond acceptors (Lipinski definition) is 17. The van der Waals surface area contributed by atoms with Gasteiger partial charge >= 0.3 is 5.97 Å². The summed E-state index contributed by atoms with van der Waals surface area (Å²) >= 11 is 0. The number of carboxylic acid groups (broad SMARTS) is 1. The van der Waals surface area contributed by atoms with Gasteiger partial charge < -0.3 is 72.5 Å². The SMILES string of the molecule is COc1ccc(CC(NC(=O)C(CCCCCC(C)=O)NC(=O)CC(NC(=O)CNC(=O)C(CCCN=C(N)N)CC(=O)CC(C)(C)C)C(=O)O)C(=O)NC2[C@@H](CO)O[C@@H](n3cnc4c(N(C)C)ncnc43)[C@H]2O)cc1. The molecule has 2 aromatic heterocycles. The average Bonchev–Trinajstić information content (AvgIpc) is 3.92. The molecule has 12 N–H and O–H groups in total. The fourth-order valence-corrected chi connectivity index (χ4v) is 8.58. The summed E-state index contributed by atoms with van der Waals surface area (Å²) in [6.07, 6.45) is 0.0828. The van der Waals surface area contributed by atoms with Crippen molar-refractivity contribution in [2.45, 2.75) is 141 Å². The van der Waals surface area contributed by atoms with Crippen molar-refractivity contribution in [1.82, 2.24) is 46.1 Å². The molecule has 76 heavy (non-hydrogen) atoms. The highest BCUT2D eigenvalue weighted by molar-refractivity contribution is 5.95. The number of nitrogens with two attached hydrogens (primary N) is 2. The van der Waals surface area contributed by atoms with E-state index >= 15 is 0 Å². The number of anilines is 1. The number of carbonyl (C=O) groups is 8. The van der Waals surface area contributed by atoms with E-state index in [0.717, 1.165) is 0 Å². The van der Waals surface area contributed by atoms with E-state index in [1.54, 1.807) is 43.3 Å². The van der Waals surface area contributed by atoms with Gasteiger partial charge in [0.2, 0.25) is 29.5 Å². The summed E-state index contributed by atoms with van der Waals surface area (Å²) in [4.78, 5) is 124. The third-order valence-corrected chi connectivity index (χ3v) is 12.3. The summed E-state index contributed by atoms with van der Waals surface area (Å²) in [7, 11) is 5.02. The number of nitrogens with one attached hydrogen (secondary N) is 5. The van der Waals surface area contributed by atoms with Crippen LogP contribution in [-0.4, -0.2) is 165 Å². The standard InChI is InChI=1S/C50H75N13O13/c1-28(65)12-9-8-10-14-33(58-37(67)22-35(48(73)74)59-38(68)24-54-44(70)30(13-11-19-53-49(51)52)21-31(66)23-50(2,3)4)45(71)60-34(20-29-15-17-32(75-7)18-16-29)46(72)61-39-36(25-64)76-47(41(39)69)63-27-57-40-42(62(5)6)55-26-56-43(40)63/h15-18,26-27,30,33-36,39,41,47,64,69H,8-14,19-25H2,1-7H3,(H,54,70)(H,58,67)(H,59,68)(H,60,71)(H,61,72)(H,73,74)(H4,51,52,53)/t30?,33?,34?,35?,36-,39?,41+,47-/m1/s1. The summed E-state index contributed by atoms with van der Waals surface area (Å²) in [5.41, 5.74) is 11.8. The molecule has 1 aliphatic heterocycles. The Labute approximate surface area is 440 Å². The number of ether oxygens (including phenoxy) is 2. The Kier molecular flexibility index (Phi) is 23.4. The normalized spacial score (nSPS) is 17.8. The molecule has 1 aromatic carbocycles. The number of nitrogens with zero attached hydrogens (tertiary/aromatic N) is 6. The Morgan fingerprint density at radius 2 is 1.57 bits per heavy atom. The number of aliphatic imine (C=N–C) groups is 1. The molecule has 1 aliphatic rings. The van der Waals surface area contributed by atoms with Gasteiger partial charge in [-0.25, -0.2) is 19.7 Å². The Balaban J connectivity index is 1.51. The average molecular weight is 1070 g/mol. The van der Waals surface area contributed by atoms with Crippen molar-refractivity contribution in [3.05, 3.63) is 42.5 Å². The van der Waals surface area contributed by atoms with Gasteiger partial charge in [-0.05, 0) is 55.7 Å². The van der Waals surface area contributed by atoms with Crippen LogP contribution in [0.1, 0.15) is 104 Å². The number of rotatable bonds is 31. The molecule has 0 radical (unpaired) electrons. The summed E-state index contributed by atoms with van der Waals surface area (Å²) in [6, 6.07) is 0.825. The van der Waals surface area contributed by atoms with Gasteiger partial charge in [0.25, 0.3) is 0 Å². The minimum Gasteiger partial charge on any atom is -0.497 e. The highest BCUT2D eigenvalue weighted by Gasteiger charge is 2.46. The lowest BCUT2D eigenvalue weighted by atomic mass is 9.86. The molecule has 0 aliphatic carbocycles. The van der Waals surface area contributed by atoms with Crippen LogP contribution < -0.4 is 47.7 Å². The van der Waals surface area contributed by atoms with E-state index in [4.69, 9.17) is 20.9 Å². The second kappa shape index (κ2) is 29.1. The lowest BCUT2D eigenvalue weighted by Crippen LogP contribution is -2.58. The summed E-state index contributed by atoms with van der Waals surface area (Å²) < 4.78 is 12.8. The van der Waals surface area contributed by atoms with Gasteiger partial charge in [-0.1, -0.05) is 45.7 Å². The zero-order chi connectivity index (χ0) is 56.3. The number of carbonyl (C=O) groups excluding carboxylic acids is 7. The van der Waals surface area contributed by atoms with Crippen LogP contribution in [0, 0.1) is 11.3 Å². The number of guanidine groups is 1. The number of methoxy groups -OCH3 is 1. The predicted octanol–water partition coefficient (Wildman–Crippen LogP) is -0.471. The first-order chi connectivity index (χ1) is 35.9. The first-order valence-electron chi connectivity index (χ1n) is 25.1. The van der Waals surface area contributed by atoms with E-state index in [1.165, 1.54) is 31.3 Å². The van der Waals surface area contributed by atoms with Crippen molar-refractivity contribution in [1.29, 1.82) is 0 Å². The maximum Gasteiger partial charge on any atom is 0.326 e. The molecule has 1 fully saturated rings. The summed E-state index contributed by atoms with van der Waals surface area (Å²) in [6.45, 7) is 5.95. The third kappa shape index (κ3) is 19.1. The number of benzene rings is 1. The van der Waals surface area contributed by atoms with Crippen LogP contribution >= 0.6 is 0 Å². The number of aromatic nitrogens is 4. The monoisotopic (exact) mass is 1070 g/mol. The number of fused-ring (bicyclic) bond motifs is 1. The number of Topliss-reactive ketones (excluding diaryl/α,β-unsaturated/α-hetero) is 2. The molecule has 26 heteroatoms. The lowest BCUT2D eigenvalue weighted by molar-refractivity contribution is -0.143. The molecule has 0 spiro atoms. The molecule has 5 unspecified atom stereocenters. The maximum atomic E-state index is 14.4. The van der Waals surface area contributed by atoms with Crippen molar-refractivity contribution in [3.63, 3.8) is 0 Å². The second-order valence-electron chi connectivity index (χ2n) is 20.2. The number of ketones is 2. The summed E-state index contributed by atoms with van der Waals surface area (Å²) in [5, 5.41) is 44.9. The van der Waals surface area contributed by atoms with Crippen LogP contribution in [0.4, 0.5) is 5.82 Å². The number of amides is 5. The molecule has 0 bridgehead atoms. The molecule has 26 nitrogen and oxygen atoms in total. The van der Waals surface area contributed by atoms with Crippen molar-refractivity contribution >= 4 is 70.0 Å². The van der Waals surface area contributed by atoms with E-state index in [1.807, 2.05) is 20.8 Å².